The number of amides is 1. The van der Waals surface area contributed by atoms with Gasteiger partial charge in [0.05, 0.1) is 6.10 Å². The van der Waals surface area contributed by atoms with Gasteiger partial charge in [0.15, 0.2) is 0 Å². The van der Waals surface area contributed by atoms with Gasteiger partial charge in [-0.1, -0.05) is 13.8 Å². The summed E-state index contributed by atoms with van der Waals surface area (Å²) in [6, 6.07) is -0.450. The van der Waals surface area contributed by atoms with Crippen LogP contribution in [0.25, 0.3) is 0 Å². The average Bonchev–Trinajstić information content (AvgIpc) is 2.84. The molecule has 0 bridgehead atoms. The molecular formula is C15H25NO4. The summed E-state index contributed by atoms with van der Waals surface area (Å²) in [6.07, 6.45) is 4.56. The summed E-state index contributed by atoms with van der Waals surface area (Å²) in [7, 11) is 0. The monoisotopic (exact) mass is 283 g/mol. The molecule has 2 atom stereocenters. The molecule has 0 aromatic carbocycles. The molecule has 1 amide bonds. The summed E-state index contributed by atoms with van der Waals surface area (Å²) in [6.45, 7) is 5.63. The van der Waals surface area contributed by atoms with Crippen molar-refractivity contribution in [1.82, 2.24) is 4.90 Å². The molecule has 2 heterocycles. The Morgan fingerprint density at radius 2 is 2.20 bits per heavy atom. The van der Waals surface area contributed by atoms with E-state index in [1.165, 1.54) is 0 Å². The van der Waals surface area contributed by atoms with Crippen molar-refractivity contribution >= 4 is 11.9 Å². The van der Waals surface area contributed by atoms with Crippen LogP contribution in [0.3, 0.4) is 0 Å². The molecule has 0 aromatic heterocycles. The predicted molar refractivity (Wildman–Crippen MR) is 74.1 cm³/mol. The summed E-state index contributed by atoms with van der Waals surface area (Å²) in [5.41, 5.74) is 0. The van der Waals surface area contributed by atoms with Crippen molar-refractivity contribution in [2.45, 2.75) is 58.1 Å². The molecule has 0 spiro atoms. The van der Waals surface area contributed by atoms with Gasteiger partial charge in [0, 0.05) is 19.6 Å². The minimum absolute atomic E-state index is 0.0230. The quantitative estimate of drug-likeness (QED) is 0.721. The van der Waals surface area contributed by atoms with Gasteiger partial charge in [-0.05, 0) is 31.6 Å². The SMILES string of the molecule is CC(C)[C@H](C(=O)OC[C@@H]1CCCCO1)N1CCCC1=O. The fourth-order valence-electron chi connectivity index (χ4n) is 2.92. The Labute approximate surface area is 120 Å². The van der Waals surface area contributed by atoms with Crippen LogP contribution in [-0.2, 0) is 19.1 Å². The van der Waals surface area contributed by atoms with E-state index in [0.29, 0.717) is 19.6 Å². The van der Waals surface area contributed by atoms with Crippen molar-refractivity contribution in [1.29, 1.82) is 0 Å². The zero-order valence-corrected chi connectivity index (χ0v) is 12.5. The normalized spacial score (nSPS) is 25.1. The molecule has 5 heteroatoms. The lowest BCUT2D eigenvalue weighted by atomic mass is 10.0. The molecule has 0 radical (unpaired) electrons. The lowest BCUT2D eigenvalue weighted by Crippen LogP contribution is -2.46. The highest BCUT2D eigenvalue weighted by molar-refractivity contribution is 5.86. The summed E-state index contributed by atoms with van der Waals surface area (Å²) in [5, 5.41) is 0. The summed E-state index contributed by atoms with van der Waals surface area (Å²) >= 11 is 0. The Kier molecular flexibility index (Phi) is 5.40. The van der Waals surface area contributed by atoms with Gasteiger partial charge in [-0.3, -0.25) is 4.79 Å². The minimum atomic E-state index is -0.450. The van der Waals surface area contributed by atoms with E-state index >= 15 is 0 Å². The number of hydrogen-bond acceptors (Lipinski definition) is 4. The first-order valence-corrected chi connectivity index (χ1v) is 7.67. The van der Waals surface area contributed by atoms with E-state index in [1.54, 1.807) is 4.90 Å². The third-order valence-corrected chi connectivity index (χ3v) is 4.00. The molecule has 0 N–H and O–H groups in total. The highest BCUT2D eigenvalue weighted by Crippen LogP contribution is 2.21. The molecule has 0 aliphatic carbocycles. The Morgan fingerprint density at radius 1 is 1.40 bits per heavy atom. The lowest BCUT2D eigenvalue weighted by molar-refractivity contribution is -0.160. The van der Waals surface area contributed by atoms with E-state index in [0.717, 1.165) is 32.3 Å². The predicted octanol–water partition coefficient (Wildman–Crippen LogP) is 1.75. The summed E-state index contributed by atoms with van der Waals surface area (Å²) in [4.78, 5) is 25.8. The molecule has 2 saturated heterocycles. The van der Waals surface area contributed by atoms with E-state index in [1.807, 2.05) is 13.8 Å². The van der Waals surface area contributed by atoms with Crippen LogP contribution in [0.15, 0.2) is 0 Å². The van der Waals surface area contributed by atoms with Crippen molar-refractivity contribution in [3.05, 3.63) is 0 Å². The number of carbonyl (C=O) groups is 2. The summed E-state index contributed by atoms with van der Waals surface area (Å²) < 4.78 is 11.0. The van der Waals surface area contributed by atoms with Crippen molar-refractivity contribution in [3.8, 4) is 0 Å². The number of carbonyl (C=O) groups excluding carboxylic acids is 2. The molecule has 2 fully saturated rings. The topological polar surface area (TPSA) is 55.8 Å². The number of hydrogen-bond donors (Lipinski definition) is 0. The van der Waals surface area contributed by atoms with Gasteiger partial charge in [-0.2, -0.15) is 0 Å². The molecule has 5 nitrogen and oxygen atoms in total. The number of ether oxygens (including phenoxy) is 2. The fraction of sp³-hybridized carbons (Fsp3) is 0.867. The van der Waals surface area contributed by atoms with Crippen LogP contribution in [0.5, 0.6) is 0 Å². The summed E-state index contributed by atoms with van der Waals surface area (Å²) in [5.74, 6) is -0.157. The van der Waals surface area contributed by atoms with Crippen molar-refractivity contribution in [2.24, 2.45) is 5.92 Å². The zero-order valence-electron chi connectivity index (χ0n) is 12.5. The molecular weight excluding hydrogens is 258 g/mol. The standard InChI is InChI=1S/C15H25NO4/c1-11(2)14(16-8-5-7-13(16)17)15(18)20-10-12-6-3-4-9-19-12/h11-12,14H,3-10H2,1-2H3/t12-,14+/m0/s1. The Bertz CT molecular complexity index is 350. The number of nitrogens with zero attached hydrogens (tertiary/aromatic N) is 1. The Balaban J connectivity index is 1.88. The smallest absolute Gasteiger partial charge is 0.329 e. The van der Waals surface area contributed by atoms with Crippen LogP contribution in [0.1, 0.15) is 46.0 Å². The van der Waals surface area contributed by atoms with Gasteiger partial charge in [0.1, 0.15) is 12.6 Å². The van der Waals surface area contributed by atoms with Gasteiger partial charge < -0.3 is 14.4 Å². The fourth-order valence-corrected chi connectivity index (χ4v) is 2.92. The second-order valence-electron chi connectivity index (χ2n) is 6.00. The highest BCUT2D eigenvalue weighted by atomic mass is 16.6. The first kappa shape index (κ1) is 15.3. The molecule has 2 aliphatic heterocycles. The van der Waals surface area contributed by atoms with Crippen molar-refractivity contribution < 1.29 is 19.1 Å². The molecule has 2 rings (SSSR count). The largest absolute Gasteiger partial charge is 0.461 e. The zero-order chi connectivity index (χ0) is 14.5. The number of esters is 1. The lowest BCUT2D eigenvalue weighted by Gasteiger charge is -2.30. The molecule has 0 saturated carbocycles. The first-order chi connectivity index (χ1) is 9.59. The van der Waals surface area contributed by atoms with Crippen molar-refractivity contribution in [2.75, 3.05) is 19.8 Å². The number of rotatable bonds is 5. The second-order valence-corrected chi connectivity index (χ2v) is 6.00. The van der Waals surface area contributed by atoms with E-state index in [-0.39, 0.29) is 23.9 Å². The second kappa shape index (κ2) is 7.07. The molecule has 2 aliphatic rings. The van der Waals surface area contributed by atoms with Crippen LogP contribution in [0.2, 0.25) is 0 Å². The molecule has 0 unspecified atom stereocenters. The first-order valence-electron chi connectivity index (χ1n) is 7.67. The van der Waals surface area contributed by atoms with Gasteiger partial charge in [-0.15, -0.1) is 0 Å². The van der Waals surface area contributed by atoms with Crippen LogP contribution >= 0.6 is 0 Å². The van der Waals surface area contributed by atoms with E-state index in [9.17, 15) is 9.59 Å². The van der Waals surface area contributed by atoms with Crippen LogP contribution in [0, 0.1) is 5.92 Å². The van der Waals surface area contributed by atoms with Gasteiger partial charge in [0.2, 0.25) is 5.91 Å². The number of likely N-dealkylation sites (tertiary alicyclic amines) is 1. The Hall–Kier alpha value is -1.10. The molecule has 20 heavy (non-hydrogen) atoms. The maximum absolute atomic E-state index is 12.3. The van der Waals surface area contributed by atoms with Crippen LogP contribution in [-0.4, -0.2) is 48.7 Å². The minimum Gasteiger partial charge on any atom is -0.461 e. The average molecular weight is 283 g/mol. The molecule has 0 aromatic rings. The van der Waals surface area contributed by atoms with Gasteiger partial charge in [-0.25, -0.2) is 4.79 Å². The van der Waals surface area contributed by atoms with E-state index in [4.69, 9.17) is 9.47 Å². The maximum atomic E-state index is 12.3. The Morgan fingerprint density at radius 3 is 2.75 bits per heavy atom. The third-order valence-electron chi connectivity index (χ3n) is 4.00. The van der Waals surface area contributed by atoms with Crippen molar-refractivity contribution in [3.63, 3.8) is 0 Å². The van der Waals surface area contributed by atoms with Crippen LogP contribution in [0.4, 0.5) is 0 Å². The van der Waals surface area contributed by atoms with Gasteiger partial charge in [0.25, 0.3) is 0 Å². The molecule has 114 valence electrons. The van der Waals surface area contributed by atoms with E-state index in [2.05, 4.69) is 0 Å². The van der Waals surface area contributed by atoms with Crippen LogP contribution < -0.4 is 0 Å². The van der Waals surface area contributed by atoms with Gasteiger partial charge >= 0.3 is 5.97 Å². The van der Waals surface area contributed by atoms with E-state index < -0.39 is 6.04 Å². The highest BCUT2D eigenvalue weighted by Gasteiger charge is 2.36. The maximum Gasteiger partial charge on any atom is 0.329 e. The third kappa shape index (κ3) is 3.72.